The van der Waals surface area contributed by atoms with E-state index in [0.717, 1.165) is 44.8 Å². The van der Waals surface area contributed by atoms with Gasteiger partial charge < -0.3 is 14.7 Å². The molecule has 1 aromatic rings. The third-order valence-electron chi connectivity index (χ3n) is 4.44. The predicted molar refractivity (Wildman–Crippen MR) is 75.1 cm³/mol. The van der Waals surface area contributed by atoms with Crippen LogP contribution < -0.4 is 4.90 Å². The van der Waals surface area contributed by atoms with Gasteiger partial charge in [0.05, 0.1) is 6.10 Å². The standard InChI is InChI=1S/C15H20N2O3/c1-2-20-11-8-15(9-11)6-7-17(10-15)13-5-3-4-12(16-13)14(18)19/h3-5,11H,2,6-10H2,1H3,(H,18,19). The number of anilines is 1. The van der Waals surface area contributed by atoms with E-state index >= 15 is 0 Å². The van der Waals surface area contributed by atoms with Crippen LogP contribution in [0, 0.1) is 5.41 Å². The molecule has 0 amide bonds. The molecule has 5 heteroatoms. The van der Waals surface area contributed by atoms with Crippen molar-refractivity contribution in [3.63, 3.8) is 0 Å². The molecule has 2 fully saturated rings. The molecule has 1 spiro atoms. The molecular weight excluding hydrogens is 256 g/mol. The largest absolute Gasteiger partial charge is 0.477 e. The minimum absolute atomic E-state index is 0.115. The predicted octanol–water partition coefficient (Wildman–Crippen LogP) is 2.18. The summed E-state index contributed by atoms with van der Waals surface area (Å²) in [6, 6.07) is 5.19. The van der Waals surface area contributed by atoms with Crippen molar-refractivity contribution in [1.29, 1.82) is 0 Å². The van der Waals surface area contributed by atoms with E-state index in [1.54, 1.807) is 6.07 Å². The Morgan fingerprint density at radius 2 is 2.35 bits per heavy atom. The average Bonchev–Trinajstić information content (AvgIpc) is 2.84. The van der Waals surface area contributed by atoms with Gasteiger partial charge in [-0.3, -0.25) is 0 Å². The van der Waals surface area contributed by atoms with Crippen molar-refractivity contribution in [3.8, 4) is 0 Å². The zero-order valence-electron chi connectivity index (χ0n) is 11.7. The summed E-state index contributed by atoms with van der Waals surface area (Å²) in [5.74, 6) is -0.192. The molecule has 0 unspecified atom stereocenters. The summed E-state index contributed by atoms with van der Waals surface area (Å²) in [5, 5.41) is 9.01. The van der Waals surface area contributed by atoms with E-state index in [2.05, 4.69) is 9.88 Å². The summed E-state index contributed by atoms with van der Waals surface area (Å²) in [6.07, 6.45) is 3.81. The first-order valence-electron chi connectivity index (χ1n) is 7.19. The quantitative estimate of drug-likeness (QED) is 0.913. The SMILES string of the molecule is CCOC1CC2(CCN(c3cccc(C(=O)O)n3)C2)C1. The summed E-state index contributed by atoms with van der Waals surface area (Å²) in [7, 11) is 0. The van der Waals surface area contributed by atoms with Crippen LogP contribution in [0.25, 0.3) is 0 Å². The highest BCUT2D eigenvalue weighted by Crippen LogP contribution is 2.50. The Hall–Kier alpha value is -1.62. The maximum atomic E-state index is 11.0. The van der Waals surface area contributed by atoms with Gasteiger partial charge >= 0.3 is 5.97 Å². The summed E-state index contributed by atoms with van der Waals surface area (Å²) in [6.45, 7) is 4.74. The minimum Gasteiger partial charge on any atom is -0.477 e. The number of rotatable bonds is 4. The number of aromatic nitrogens is 1. The molecule has 1 aliphatic carbocycles. The third kappa shape index (κ3) is 2.38. The number of pyridine rings is 1. The number of carboxylic acids is 1. The van der Waals surface area contributed by atoms with Gasteiger partial charge in [-0.2, -0.15) is 0 Å². The fraction of sp³-hybridized carbons (Fsp3) is 0.600. The Labute approximate surface area is 118 Å². The van der Waals surface area contributed by atoms with Crippen molar-refractivity contribution in [2.45, 2.75) is 32.3 Å². The number of carbonyl (C=O) groups is 1. The van der Waals surface area contributed by atoms with Gasteiger partial charge in [0, 0.05) is 19.7 Å². The van der Waals surface area contributed by atoms with E-state index in [1.165, 1.54) is 6.07 Å². The lowest BCUT2D eigenvalue weighted by Crippen LogP contribution is -2.44. The molecule has 0 radical (unpaired) electrons. The molecule has 1 aliphatic heterocycles. The number of aromatic carboxylic acids is 1. The zero-order valence-corrected chi connectivity index (χ0v) is 11.7. The maximum Gasteiger partial charge on any atom is 0.354 e. The molecule has 108 valence electrons. The van der Waals surface area contributed by atoms with Gasteiger partial charge in [0.2, 0.25) is 0 Å². The van der Waals surface area contributed by atoms with Gasteiger partial charge in [0.25, 0.3) is 0 Å². The number of nitrogens with zero attached hydrogens (tertiary/aromatic N) is 2. The molecule has 1 saturated carbocycles. The van der Waals surface area contributed by atoms with Crippen LogP contribution in [-0.2, 0) is 4.74 Å². The molecule has 2 heterocycles. The average molecular weight is 276 g/mol. The summed E-state index contributed by atoms with van der Waals surface area (Å²) >= 11 is 0. The first-order chi connectivity index (χ1) is 9.62. The second-order valence-corrected chi connectivity index (χ2v) is 5.84. The lowest BCUT2D eigenvalue weighted by molar-refractivity contribution is -0.0669. The van der Waals surface area contributed by atoms with E-state index in [9.17, 15) is 4.79 Å². The zero-order chi connectivity index (χ0) is 14.2. The smallest absolute Gasteiger partial charge is 0.354 e. The fourth-order valence-corrected chi connectivity index (χ4v) is 3.44. The molecule has 1 aromatic heterocycles. The Morgan fingerprint density at radius 1 is 1.55 bits per heavy atom. The topological polar surface area (TPSA) is 62.7 Å². The van der Waals surface area contributed by atoms with Crippen molar-refractivity contribution in [2.24, 2.45) is 5.41 Å². The van der Waals surface area contributed by atoms with Gasteiger partial charge in [-0.15, -0.1) is 0 Å². The van der Waals surface area contributed by atoms with E-state index in [-0.39, 0.29) is 5.69 Å². The molecule has 0 bridgehead atoms. The van der Waals surface area contributed by atoms with Gasteiger partial charge in [-0.05, 0) is 43.7 Å². The Morgan fingerprint density at radius 3 is 3.05 bits per heavy atom. The second-order valence-electron chi connectivity index (χ2n) is 5.84. The van der Waals surface area contributed by atoms with Crippen molar-refractivity contribution in [1.82, 2.24) is 4.98 Å². The first kappa shape index (κ1) is 13.4. The van der Waals surface area contributed by atoms with Crippen LogP contribution in [0.4, 0.5) is 5.82 Å². The van der Waals surface area contributed by atoms with Crippen LogP contribution in [0.5, 0.6) is 0 Å². The highest BCUT2D eigenvalue weighted by molar-refractivity contribution is 5.85. The van der Waals surface area contributed by atoms with Crippen LogP contribution in [0.1, 0.15) is 36.7 Å². The summed E-state index contributed by atoms with van der Waals surface area (Å²) in [4.78, 5) is 17.4. The van der Waals surface area contributed by atoms with Crippen molar-refractivity contribution >= 4 is 11.8 Å². The molecule has 3 rings (SSSR count). The van der Waals surface area contributed by atoms with Gasteiger partial charge in [-0.1, -0.05) is 6.07 Å². The Balaban J connectivity index is 1.66. The van der Waals surface area contributed by atoms with Crippen LogP contribution in [0.2, 0.25) is 0 Å². The van der Waals surface area contributed by atoms with Crippen LogP contribution in [0.3, 0.4) is 0 Å². The van der Waals surface area contributed by atoms with E-state index in [1.807, 2.05) is 13.0 Å². The van der Waals surface area contributed by atoms with Crippen molar-refractivity contribution in [2.75, 3.05) is 24.6 Å². The molecule has 5 nitrogen and oxygen atoms in total. The summed E-state index contributed by atoms with van der Waals surface area (Å²) in [5.41, 5.74) is 0.477. The summed E-state index contributed by atoms with van der Waals surface area (Å²) < 4.78 is 5.64. The number of carboxylic acid groups (broad SMARTS) is 1. The normalized spacial score (nSPS) is 28.6. The Kier molecular flexibility index (Phi) is 3.38. The lowest BCUT2D eigenvalue weighted by Gasteiger charge is -2.44. The van der Waals surface area contributed by atoms with E-state index in [4.69, 9.17) is 9.84 Å². The van der Waals surface area contributed by atoms with Gasteiger partial charge in [0.1, 0.15) is 5.82 Å². The molecule has 1 N–H and O–H groups in total. The van der Waals surface area contributed by atoms with Crippen LogP contribution in [-0.4, -0.2) is 41.9 Å². The van der Waals surface area contributed by atoms with Crippen LogP contribution in [0.15, 0.2) is 18.2 Å². The van der Waals surface area contributed by atoms with Crippen molar-refractivity contribution in [3.05, 3.63) is 23.9 Å². The van der Waals surface area contributed by atoms with Crippen molar-refractivity contribution < 1.29 is 14.6 Å². The lowest BCUT2D eigenvalue weighted by atomic mass is 9.66. The second kappa shape index (κ2) is 5.05. The van der Waals surface area contributed by atoms with E-state index < -0.39 is 5.97 Å². The van der Waals surface area contributed by atoms with E-state index in [0.29, 0.717) is 11.5 Å². The number of hydrogen-bond acceptors (Lipinski definition) is 4. The monoisotopic (exact) mass is 276 g/mol. The fourth-order valence-electron chi connectivity index (χ4n) is 3.44. The highest BCUT2D eigenvalue weighted by atomic mass is 16.5. The number of ether oxygens (including phenoxy) is 1. The third-order valence-corrected chi connectivity index (χ3v) is 4.44. The van der Waals surface area contributed by atoms with Gasteiger partial charge in [0.15, 0.2) is 5.69 Å². The number of hydrogen-bond donors (Lipinski definition) is 1. The highest BCUT2D eigenvalue weighted by Gasteiger charge is 2.49. The molecule has 1 saturated heterocycles. The maximum absolute atomic E-state index is 11.0. The molecule has 0 atom stereocenters. The molecule has 2 aliphatic rings. The minimum atomic E-state index is -0.971. The molecule has 20 heavy (non-hydrogen) atoms. The first-order valence-corrected chi connectivity index (χ1v) is 7.19. The van der Waals surface area contributed by atoms with Crippen LogP contribution >= 0.6 is 0 Å². The van der Waals surface area contributed by atoms with Gasteiger partial charge in [-0.25, -0.2) is 9.78 Å². The molecular formula is C15H20N2O3. The molecule has 0 aromatic carbocycles. The Bertz CT molecular complexity index is 512.